The Morgan fingerprint density at radius 2 is 1.74 bits per heavy atom. The number of rotatable bonds is 8. The molecule has 1 fully saturated rings. The van der Waals surface area contributed by atoms with Crippen LogP contribution in [-0.4, -0.2) is 49.5 Å². The average molecular weight is 601 g/mol. The summed E-state index contributed by atoms with van der Waals surface area (Å²) in [4.78, 5) is 32.1. The Hall–Kier alpha value is -3.33. The Bertz CT molecular complexity index is 1350. The van der Waals surface area contributed by atoms with Crippen LogP contribution in [0.5, 0.6) is 23.0 Å². The van der Waals surface area contributed by atoms with E-state index < -0.39 is 17.8 Å². The first-order valence-corrected chi connectivity index (χ1v) is 13.8. The number of benzene rings is 2. The summed E-state index contributed by atoms with van der Waals surface area (Å²) < 4.78 is 22.5. The summed E-state index contributed by atoms with van der Waals surface area (Å²) in [5.74, 6) is -0.472. The number of esters is 1. The quantitative estimate of drug-likeness (QED) is 0.366. The molecule has 2 aliphatic rings. The van der Waals surface area contributed by atoms with Gasteiger partial charge in [0.2, 0.25) is 0 Å². The number of phenols is 1. The lowest BCUT2D eigenvalue weighted by Crippen LogP contribution is -2.41. The van der Waals surface area contributed by atoms with Crippen LogP contribution in [0.1, 0.15) is 63.5 Å². The number of aliphatic imine (C=N–C) groups is 1. The Balaban J connectivity index is 1.82. The van der Waals surface area contributed by atoms with Gasteiger partial charge in [-0.2, -0.15) is 0 Å². The highest BCUT2D eigenvalue weighted by molar-refractivity contribution is 9.10. The molecule has 0 bridgehead atoms. The smallest absolute Gasteiger partial charge is 0.336 e. The summed E-state index contributed by atoms with van der Waals surface area (Å²) in [5.41, 5.74) is 3.19. The molecular formula is C30H34BrNO7. The van der Waals surface area contributed by atoms with Crippen LogP contribution >= 0.6 is 15.9 Å². The van der Waals surface area contributed by atoms with Crippen LogP contribution in [0.25, 0.3) is 0 Å². The van der Waals surface area contributed by atoms with Crippen molar-refractivity contribution in [1.29, 1.82) is 0 Å². The first-order chi connectivity index (χ1) is 18.6. The van der Waals surface area contributed by atoms with Gasteiger partial charge in [-0.1, -0.05) is 6.07 Å². The Morgan fingerprint density at radius 1 is 1.05 bits per heavy atom. The molecule has 1 aliphatic carbocycles. The van der Waals surface area contributed by atoms with E-state index in [2.05, 4.69) is 15.9 Å². The molecule has 4 rings (SSSR count). The van der Waals surface area contributed by atoms with Gasteiger partial charge in [-0.3, -0.25) is 9.79 Å². The third-order valence-corrected chi connectivity index (χ3v) is 7.71. The second-order valence-corrected chi connectivity index (χ2v) is 10.8. The molecule has 1 N–H and O–H groups in total. The molecule has 0 spiro atoms. The molecular weight excluding hydrogens is 566 g/mol. The van der Waals surface area contributed by atoms with E-state index in [1.165, 1.54) is 0 Å². The Labute approximate surface area is 237 Å². The molecule has 3 atom stereocenters. The third-order valence-electron chi connectivity index (χ3n) is 7.11. The van der Waals surface area contributed by atoms with E-state index >= 15 is 0 Å². The third kappa shape index (κ3) is 5.69. The number of nitrogens with zero attached hydrogens (tertiary/aromatic N) is 1. The summed E-state index contributed by atoms with van der Waals surface area (Å²) in [7, 11) is 3.16. The number of fused-ring (bicyclic) bond motifs is 1. The first kappa shape index (κ1) is 28.7. The first-order valence-electron chi connectivity index (χ1n) is 13.0. The van der Waals surface area contributed by atoms with Crippen LogP contribution in [0.4, 0.5) is 0 Å². The van der Waals surface area contributed by atoms with Crippen molar-refractivity contribution in [2.45, 2.75) is 58.5 Å². The monoisotopic (exact) mass is 599 g/mol. The van der Waals surface area contributed by atoms with Gasteiger partial charge in [0.15, 0.2) is 23.0 Å². The van der Waals surface area contributed by atoms with Crippen LogP contribution in [0.2, 0.25) is 0 Å². The number of ketones is 1. The number of carbonyl (C=O) groups is 2. The van der Waals surface area contributed by atoms with Gasteiger partial charge in [0.1, 0.15) is 5.78 Å². The molecule has 2 aromatic carbocycles. The van der Waals surface area contributed by atoms with E-state index in [1.54, 1.807) is 47.1 Å². The highest BCUT2D eigenvalue weighted by Crippen LogP contribution is 2.49. The van der Waals surface area contributed by atoms with Gasteiger partial charge in [-0.25, -0.2) is 4.79 Å². The van der Waals surface area contributed by atoms with E-state index in [4.69, 9.17) is 23.9 Å². The predicted molar refractivity (Wildman–Crippen MR) is 151 cm³/mol. The Morgan fingerprint density at radius 3 is 2.38 bits per heavy atom. The number of phenolic OH excluding ortho intramolecular Hbond substituents is 1. The van der Waals surface area contributed by atoms with Crippen molar-refractivity contribution < 1.29 is 33.6 Å². The van der Waals surface area contributed by atoms with Crippen LogP contribution in [0.3, 0.4) is 0 Å². The number of carbonyl (C=O) groups excluding carboxylic acids is 2. The minimum absolute atomic E-state index is 0.0192. The normalized spacial score (nSPS) is 20.9. The lowest BCUT2D eigenvalue weighted by molar-refractivity contribution is -0.143. The highest BCUT2D eigenvalue weighted by atomic mass is 79.9. The fourth-order valence-corrected chi connectivity index (χ4v) is 5.92. The minimum atomic E-state index is -0.647. The van der Waals surface area contributed by atoms with Crippen LogP contribution in [0, 0.1) is 5.92 Å². The molecule has 2 aromatic rings. The number of methoxy groups -OCH3 is 2. The summed E-state index contributed by atoms with van der Waals surface area (Å²) in [6.07, 6.45) is 0.480. The fourth-order valence-electron chi connectivity index (χ4n) is 5.46. The van der Waals surface area contributed by atoms with Crippen molar-refractivity contribution in [3.63, 3.8) is 0 Å². The SMILES string of the molecule is CCOc1cc([C@H]2C(C(=O)OC(C)C)=C(C)N=C3C[C@H](c4ccc(OC)c(OC)c4)CC(=O)C32)cc(Br)c1O. The second kappa shape index (κ2) is 11.8. The highest BCUT2D eigenvalue weighted by Gasteiger charge is 2.46. The van der Waals surface area contributed by atoms with E-state index in [-0.39, 0.29) is 35.7 Å². The molecule has 1 unspecified atom stereocenters. The molecule has 9 heteroatoms. The van der Waals surface area contributed by atoms with Gasteiger partial charge in [-0.05, 0) is 91.4 Å². The maximum atomic E-state index is 13.9. The molecule has 208 valence electrons. The lowest BCUT2D eigenvalue weighted by atomic mass is 9.66. The molecule has 0 saturated heterocycles. The van der Waals surface area contributed by atoms with E-state index in [1.807, 2.05) is 25.1 Å². The van der Waals surface area contributed by atoms with E-state index in [0.717, 1.165) is 11.3 Å². The molecule has 0 radical (unpaired) electrons. The average Bonchev–Trinajstić information content (AvgIpc) is 2.89. The van der Waals surface area contributed by atoms with Crippen LogP contribution < -0.4 is 14.2 Å². The number of allylic oxidation sites excluding steroid dienone is 1. The number of Topliss-reactive ketones (excluding diaryl/α,β-unsaturated/α-hetero) is 1. The van der Waals surface area contributed by atoms with Crippen LogP contribution in [0.15, 0.2) is 51.1 Å². The van der Waals surface area contributed by atoms with Crippen molar-refractivity contribution in [3.8, 4) is 23.0 Å². The largest absolute Gasteiger partial charge is 0.503 e. The van der Waals surface area contributed by atoms with Gasteiger partial charge in [-0.15, -0.1) is 0 Å². The minimum Gasteiger partial charge on any atom is -0.503 e. The summed E-state index contributed by atoms with van der Waals surface area (Å²) in [6, 6.07) is 9.11. The molecule has 1 heterocycles. The van der Waals surface area contributed by atoms with Gasteiger partial charge >= 0.3 is 5.97 Å². The number of halogens is 1. The molecule has 8 nitrogen and oxygen atoms in total. The molecule has 1 aliphatic heterocycles. The Kier molecular flexibility index (Phi) is 8.69. The summed E-state index contributed by atoms with van der Waals surface area (Å²) in [5, 5.41) is 10.5. The van der Waals surface area contributed by atoms with Gasteiger partial charge in [0.05, 0.1) is 42.9 Å². The van der Waals surface area contributed by atoms with Gasteiger partial charge < -0.3 is 24.1 Å². The number of hydrogen-bond acceptors (Lipinski definition) is 8. The van der Waals surface area contributed by atoms with E-state index in [9.17, 15) is 14.7 Å². The fraction of sp³-hybridized carbons (Fsp3) is 0.433. The van der Waals surface area contributed by atoms with E-state index in [0.29, 0.717) is 45.8 Å². The maximum absolute atomic E-state index is 13.9. The van der Waals surface area contributed by atoms with Crippen molar-refractivity contribution >= 4 is 33.4 Å². The summed E-state index contributed by atoms with van der Waals surface area (Å²) >= 11 is 3.41. The molecule has 0 amide bonds. The topological polar surface area (TPSA) is 104 Å². The van der Waals surface area contributed by atoms with Crippen molar-refractivity contribution in [2.75, 3.05) is 20.8 Å². The number of ether oxygens (including phenoxy) is 4. The molecule has 1 saturated carbocycles. The molecule has 0 aromatic heterocycles. The van der Waals surface area contributed by atoms with Crippen molar-refractivity contribution in [1.82, 2.24) is 0 Å². The number of aromatic hydroxyl groups is 1. The van der Waals surface area contributed by atoms with Gasteiger partial charge in [0.25, 0.3) is 0 Å². The van der Waals surface area contributed by atoms with Crippen molar-refractivity contribution in [3.05, 3.63) is 57.2 Å². The standard InChI is InChI=1S/C30H34BrNO7/c1-7-38-25-14-19(10-20(31)29(25)34)27-26(30(35)39-15(2)3)16(4)32-21-11-18(12-22(33)28(21)27)17-8-9-23(36-5)24(13-17)37-6/h8-10,13-15,18,27-28,34H,7,11-12H2,1-6H3/t18-,27-,28?/m0/s1. The zero-order chi connectivity index (χ0) is 28.4. The van der Waals surface area contributed by atoms with Gasteiger partial charge in [0, 0.05) is 23.7 Å². The number of hydrogen-bond donors (Lipinski definition) is 1. The zero-order valence-corrected chi connectivity index (χ0v) is 24.6. The second-order valence-electron chi connectivity index (χ2n) is 9.98. The maximum Gasteiger partial charge on any atom is 0.336 e. The van der Waals surface area contributed by atoms with Crippen LogP contribution in [-0.2, 0) is 14.3 Å². The molecule has 39 heavy (non-hydrogen) atoms. The summed E-state index contributed by atoms with van der Waals surface area (Å²) in [6.45, 7) is 7.50. The van der Waals surface area contributed by atoms with Crippen molar-refractivity contribution in [2.24, 2.45) is 10.9 Å². The predicted octanol–water partition coefficient (Wildman–Crippen LogP) is 6.10. The zero-order valence-electron chi connectivity index (χ0n) is 23.0. The lowest BCUT2D eigenvalue weighted by Gasteiger charge is -2.38.